The highest BCUT2D eigenvalue weighted by Gasteiger charge is 2.29. The van der Waals surface area contributed by atoms with E-state index >= 15 is 0 Å². The van der Waals surface area contributed by atoms with Crippen molar-refractivity contribution in [3.8, 4) is 0 Å². The Morgan fingerprint density at radius 3 is 2.50 bits per heavy atom. The Kier molecular flexibility index (Phi) is 4.80. The number of nitro groups is 1. The molecule has 0 aromatic heterocycles. The quantitative estimate of drug-likeness (QED) is 0.420. The van der Waals surface area contributed by atoms with E-state index in [-0.39, 0.29) is 11.6 Å². The molecular formula is C18H13Cl2N3O3. The normalized spacial score (nSPS) is 15.5. The highest BCUT2D eigenvalue weighted by Crippen LogP contribution is 2.31. The summed E-state index contributed by atoms with van der Waals surface area (Å²) in [6, 6.07) is 9.58. The minimum Gasteiger partial charge on any atom is -0.267 e. The van der Waals surface area contributed by atoms with E-state index in [9.17, 15) is 14.9 Å². The Bertz CT molecular complexity index is 999. The predicted molar refractivity (Wildman–Crippen MR) is 103 cm³/mol. The predicted octanol–water partition coefficient (Wildman–Crippen LogP) is 5.02. The van der Waals surface area contributed by atoms with Crippen LogP contribution in [-0.4, -0.2) is 16.5 Å². The molecule has 0 saturated heterocycles. The molecule has 0 unspecified atom stereocenters. The van der Waals surface area contributed by atoms with Crippen molar-refractivity contribution in [2.75, 3.05) is 5.01 Å². The Hall–Kier alpha value is -2.70. The molecule has 0 N–H and O–H groups in total. The van der Waals surface area contributed by atoms with Crippen LogP contribution in [0, 0.1) is 17.0 Å². The largest absolute Gasteiger partial charge is 0.280 e. The second-order valence-corrected chi connectivity index (χ2v) is 6.58. The van der Waals surface area contributed by atoms with E-state index in [1.807, 2.05) is 0 Å². The number of nitro benzene ring substituents is 1. The minimum atomic E-state index is -0.448. The fourth-order valence-electron chi connectivity index (χ4n) is 2.56. The lowest BCUT2D eigenvalue weighted by Crippen LogP contribution is -2.21. The zero-order valence-electron chi connectivity index (χ0n) is 13.9. The number of hydrogen-bond donors (Lipinski definition) is 0. The van der Waals surface area contributed by atoms with Gasteiger partial charge in [0.1, 0.15) is 0 Å². The monoisotopic (exact) mass is 389 g/mol. The van der Waals surface area contributed by atoms with Crippen molar-refractivity contribution in [2.24, 2.45) is 5.10 Å². The van der Waals surface area contributed by atoms with Crippen LogP contribution >= 0.6 is 23.2 Å². The van der Waals surface area contributed by atoms with Crippen molar-refractivity contribution in [2.45, 2.75) is 13.8 Å². The summed E-state index contributed by atoms with van der Waals surface area (Å²) in [6.45, 7) is 3.36. The van der Waals surface area contributed by atoms with E-state index in [0.29, 0.717) is 38.1 Å². The fourth-order valence-corrected chi connectivity index (χ4v) is 2.85. The van der Waals surface area contributed by atoms with Crippen LogP contribution in [-0.2, 0) is 4.79 Å². The van der Waals surface area contributed by atoms with Crippen LogP contribution in [0.25, 0.3) is 6.08 Å². The molecular weight excluding hydrogens is 377 g/mol. The number of hydrazone groups is 1. The molecule has 0 fully saturated rings. The maximum Gasteiger partial charge on any atom is 0.280 e. The number of carbonyl (C=O) groups is 1. The van der Waals surface area contributed by atoms with Crippen LogP contribution in [0.4, 0.5) is 11.4 Å². The van der Waals surface area contributed by atoms with Gasteiger partial charge in [-0.25, -0.2) is 0 Å². The summed E-state index contributed by atoms with van der Waals surface area (Å²) in [5, 5.41) is 17.3. The zero-order valence-corrected chi connectivity index (χ0v) is 15.4. The molecule has 1 heterocycles. The van der Waals surface area contributed by atoms with Gasteiger partial charge in [0.25, 0.3) is 11.6 Å². The molecule has 2 aromatic carbocycles. The lowest BCUT2D eigenvalue weighted by molar-refractivity contribution is -0.385. The summed E-state index contributed by atoms with van der Waals surface area (Å²) in [4.78, 5) is 23.4. The van der Waals surface area contributed by atoms with Gasteiger partial charge in [0, 0.05) is 11.6 Å². The smallest absolute Gasteiger partial charge is 0.267 e. The lowest BCUT2D eigenvalue weighted by atomic mass is 10.0. The highest BCUT2D eigenvalue weighted by molar-refractivity contribution is 6.42. The number of amides is 1. The van der Waals surface area contributed by atoms with Crippen LogP contribution in [0.15, 0.2) is 47.1 Å². The summed E-state index contributed by atoms with van der Waals surface area (Å²) in [5.74, 6) is -0.343. The first-order chi connectivity index (χ1) is 12.3. The molecule has 0 atom stereocenters. The SMILES string of the molecule is CC1=NN(c2ccc(Cl)c(Cl)c2)C(=O)/C1=C/c1ccc(C)c([N+](=O)[O-])c1. The van der Waals surface area contributed by atoms with Gasteiger partial charge in [-0.2, -0.15) is 10.1 Å². The van der Waals surface area contributed by atoms with E-state index in [1.165, 1.54) is 11.1 Å². The number of rotatable bonds is 3. The molecule has 0 radical (unpaired) electrons. The van der Waals surface area contributed by atoms with E-state index in [0.717, 1.165) is 0 Å². The third kappa shape index (κ3) is 3.34. The van der Waals surface area contributed by atoms with Gasteiger partial charge >= 0.3 is 0 Å². The molecule has 1 aliphatic rings. The molecule has 6 nitrogen and oxygen atoms in total. The number of carbonyl (C=O) groups excluding carboxylic acids is 1. The third-order valence-electron chi connectivity index (χ3n) is 3.95. The summed E-state index contributed by atoms with van der Waals surface area (Å²) >= 11 is 11.9. The fraction of sp³-hybridized carbons (Fsp3) is 0.111. The Balaban J connectivity index is 1.97. The van der Waals surface area contributed by atoms with Crippen molar-refractivity contribution in [1.29, 1.82) is 0 Å². The van der Waals surface area contributed by atoms with Crippen LogP contribution < -0.4 is 5.01 Å². The standard InChI is InChI=1S/C18H13Cl2N3O3/c1-10-3-4-12(8-17(10)23(25)26)7-14-11(2)21-22(18(14)24)13-5-6-15(19)16(20)9-13/h3-9H,1-2H3/b14-7+. The molecule has 1 aliphatic heterocycles. The molecule has 0 spiro atoms. The third-order valence-corrected chi connectivity index (χ3v) is 4.69. The molecule has 1 amide bonds. The first-order valence-corrected chi connectivity index (χ1v) is 8.35. The Morgan fingerprint density at radius 1 is 1.12 bits per heavy atom. The van der Waals surface area contributed by atoms with Crippen LogP contribution in [0.3, 0.4) is 0 Å². The molecule has 0 saturated carbocycles. The molecule has 0 bridgehead atoms. The van der Waals surface area contributed by atoms with Gasteiger partial charge in [0.2, 0.25) is 0 Å². The van der Waals surface area contributed by atoms with E-state index < -0.39 is 4.92 Å². The summed E-state index contributed by atoms with van der Waals surface area (Å²) in [7, 11) is 0. The number of nitrogens with zero attached hydrogens (tertiary/aromatic N) is 3. The van der Waals surface area contributed by atoms with Gasteiger partial charge in [-0.1, -0.05) is 35.3 Å². The van der Waals surface area contributed by atoms with Crippen molar-refractivity contribution in [1.82, 2.24) is 0 Å². The summed E-state index contributed by atoms with van der Waals surface area (Å²) in [5.41, 5.74) is 2.45. The first kappa shape index (κ1) is 18.1. The second-order valence-electron chi connectivity index (χ2n) is 5.76. The average molecular weight is 390 g/mol. The molecule has 26 heavy (non-hydrogen) atoms. The summed E-state index contributed by atoms with van der Waals surface area (Å²) < 4.78 is 0. The average Bonchev–Trinajstić information content (AvgIpc) is 2.87. The molecule has 2 aromatic rings. The maximum atomic E-state index is 12.7. The zero-order chi connectivity index (χ0) is 19.0. The van der Waals surface area contributed by atoms with Gasteiger partial charge in [0.05, 0.1) is 31.9 Å². The topological polar surface area (TPSA) is 75.8 Å². The number of halogens is 2. The number of anilines is 1. The molecule has 132 valence electrons. The van der Waals surface area contributed by atoms with Gasteiger partial charge in [0.15, 0.2) is 0 Å². The molecule has 3 rings (SSSR count). The molecule has 0 aliphatic carbocycles. The van der Waals surface area contributed by atoms with Crippen LogP contribution in [0.2, 0.25) is 10.0 Å². The second kappa shape index (κ2) is 6.90. The maximum absolute atomic E-state index is 12.7. The van der Waals surface area contributed by atoms with Crippen LogP contribution in [0.5, 0.6) is 0 Å². The van der Waals surface area contributed by atoms with Crippen molar-refractivity contribution in [3.63, 3.8) is 0 Å². The highest BCUT2D eigenvalue weighted by atomic mass is 35.5. The Labute approximate surface area is 159 Å². The van der Waals surface area contributed by atoms with E-state index in [4.69, 9.17) is 23.2 Å². The van der Waals surface area contributed by atoms with Gasteiger partial charge in [-0.3, -0.25) is 14.9 Å². The number of hydrogen-bond acceptors (Lipinski definition) is 4. The van der Waals surface area contributed by atoms with Crippen molar-refractivity contribution >= 4 is 52.3 Å². The summed E-state index contributed by atoms with van der Waals surface area (Å²) in [6.07, 6.45) is 1.59. The number of benzene rings is 2. The van der Waals surface area contributed by atoms with Crippen molar-refractivity contribution < 1.29 is 9.72 Å². The first-order valence-electron chi connectivity index (χ1n) is 7.60. The molecule has 8 heteroatoms. The van der Waals surface area contributed by atoms with Gasteiger partial charge in [-0.05, 0) is 43.7 Å². The Morgan fingerprint density at radius 2 is 1.85 bits per heavy atom. The van der Waals surface area contributed by atoms with E-state index in [1.54, 1.807) is 50.3 Å². The van der Waals surface area contributed by atoms with Gasteiger partial charge in [-0.15, -0.1) is 0 Å². The van der Waals surface area contributed by atoms with Crippen LogP contribution in [0.1, 0.15) is 18.1 Å². The lowest BCUT2D eigenvalue weighted by Gasteiger charge is -2.12. The van der Waals surface area contributed by atoms with Crippen molar-refractivity contribution in [3.05, 3.63) is 73.3 Å². The minimum absolute atomic E-state index is 0.000673. The number of aryl methyl sites for hydroxylation is 1. The van der Waals surface area contributed by atoms with E-state index in [2.05, 4.69) is 5.10 Å². The van der Waals surface area contributed by atoms with Gasteiger partial charge < -0.3 is 0 Å².